The van der Waals surface area contributed by atoms with E-state index < -0.39 is 11.4 Å². The number of hydrogen-bond donors (Lipinski definition) is 1. The van der Waals surface area contributed by atoms with E-state index in [-0.39, 0.29) is 0 Å². The van der Waals surface area contributed by atoms with E-state index in [0.717, 1.165) is 45.3 Å². The van der Waals surface area contributed by atoms with Crippen molar-refractivity contribution in [3.63, 3.8) is 0 Å². The fourth-order valence-corrected chi connectivity index (χ4v) is 6.15. The number of carbonyl (C=O) groups is 1. The number of piperidine rings is 1. The first-order chi connectivity index (χ1) is 15.2. The molecule has 0 amide bonds. The average molecular weight is 459 g/mol. The molecule has 2 atom stereocenters. The molecule has 32 heavy (non-hydrogen) atoms. The van der Waals surface area contributed by atoms with Gasteiger partial charge < -0.3 is 10.0 Å². The topological polar surface area (TPSA) is 43.8 Å². The van der Waals surface area contributed by atoms with Crippen LogP contribution in [0.4, 0.5) is 0 Å². The van der Waals surface area contributed by atoms with Crippen LogP contribution in [0, 0.1) is 11.3 Å². The minimum absolute atomic E-state index is 0.390. The lowest BCUT2D eigenvalue weighted by atomic mass is 9.73. The second kappa shape index (κ2) is 12.6. The summed E-state index contributed by atoms with van der Waals surface area (Å²) in [7, 11) is 4.21. The monoisotopic (exact) mass is 458 g/mol. The highest BCUT2D eigenvalue weighted by Crippen LogP contribution is 2.40. The van der Waals surface area contributed by atoms with E-state index in [1.54, 1.807) is 0 Å². The van der Waals surface area contributed by atoms with Crippen LogP contribution in [-0.2, 0) is 11.3 Å². The van der Waals surface area contributed by atoms with E-state index >= 15 is 0 Å². The van der Waals surface area contributed by atoms with Crippen LogP contribution in [0.25, 0.3) is 4.91 Å². The lowest BCUT2D eigenvalue weighted by Crippen LogP contribution is -2.51. The van der Waals surface area contributed by atoms with Crippen molar-refractivity contribution in [1.29, 1.82) is 0 Å². The molecule has 1 aromatic rings. The molecule has 1 aromatic carbocycles. The Balaban J connectivity index is 2.23. The highest BCUT2D eigenvalue weighted by Gasteiger charge is 2.43. The Labute approximate surface area is 199 Å². The lowest BCUT2D eigenvalue weighted by Gasteiger charge is -2.43. The zero-order valence-corrected chi connectivity index (χ0v) is 21.7. The second-order valence-electron chi connectivity index (χ2n) is 9.54. The van der Waals surface area contributed by atoms with Gasteiger partial charge >= 0.3 is 5.97 Å². The van der Waals surface area contributed by atoms with Gasteiger partial charge in [-0.05, 0) is 62.2 Å². The largest absolute Gasteiger partial charge is 0.481 e. The number of carboxylic acid groups (broad SMARTS) is 1. The zero-order valence-electron chi connectivity index (χ0n) is 20.9. The van der Waals surface area contributed by atoms with Crippen molar-refractivity contribution in [2.75, 3.05) is 33.7 Å². The highest BCUT2D eigenvalue weighted by atomic mass is 32.2. The van der Waals surface area contributed by atoms with Gasteiger partial charge in [-0.2, -0.15) is 0 Å². The fraction of sp³-hybridized carbons (Fsp3) is 0.593. The number of allylic oxidation sites excluding steroid dienone is 2. The van der Waals surface area contributed by atoms with Crippen LogP contribution in [0.1, 0.15) is 64.5 Å². The van der Waals surface area contributed by atoms with E-state index in [4.69, 9.17) is 0 Å². The number of hydrogen-bond acceptors (Lipinski definition) is 4. The Bertz CT molecular complexity index is 818. The summed E-state index contributed by atoms with van der Waals surface area (Å²) in [5.74, 6) is -0.240. The molecule has 4 nitrogen and oxygen atoms in total. The third kappa shape index (κ3) is 7.23. The third-order valence-corrected chi connectivity index (χ3v) is 7.35. The Kier molecular flexibility index (Phi) is 10.5. The molecule has 178 valence electrons. The molecule has 0 aromatic heterocycles. The molecule has 0 bridgehead atoms. The fourth-order valence-electron chi connectivity index (χ4n) is 4.95. The van der Waals surface area contributed by atoms with Crippen LogP contribution >= 0.6 is 11.8 Å². The summed E-state index contributed by atoms with van der Waals surface area (Å²) in [6.07, 6.45) is 7.94. The maximum Gasteiger partial charge on any atom is 0.310 e. The van der Waals surface area contributed by atoms with E-state index in [2.05, 4.69) is 88.0 Å². The average Bonchev–Trinajstić information content (AvgIpc) is 2.72. The number of carboxylic acids is 1. The van der Waals surface area contributed by atoms with Crippen molar-refractivity contribution >= 4 is 22.6 Å². The Morgan fingerprint density at radius 3 is 2.62 bits per heavy atom. The summed E-state index contributed by atoms with van der Waals surface area (Å²) < 4.78 is 0. The number of likely N-dealkylation sites (tertiary alicyclic amines) is 1. The summed E-state index contributed by atoms with van der Waals surface area (Å²) in [6, 6.07) is 8.67. The molecule has 1 fully saturated rings. The first-order valence-corrected chi connectivity index (χ1v) is 12.8. The van der Waals surface area contributed by atoms with Crippen LogP contribution < -0.4 is 0 Å². The molecule has 1 aliphatic rings. The predicted octanol–water partition coefficient (Wildman–Crippen LogP) is 6.35. The molecule has 0 aliphatic carbocycles. The van der Waals surface area contributed by atoms with Gasteiger partial charge in [0.1, 0.15) is 0 Å². The van der Waals surface area contributed by atoms with Crippen LogP contribution in [-0.4, -0.2) is 54.6 Å². The standard InChI is InChI=1S/C27H42N2O2S/c1-7-12-25(24-14-11-10-13-22(24)18-28(5)6)32-23(9-3)19-29-17-21(4)16-27(20-29,15-8-2)26(30)31/h9-14,21H,7-8,15-20H2,1-6H3,(H,30,31)/b23-9-,25-12+/t21?,27-/m1/s1. The molecule has 5 heteroatoms. The van der Waals surface area contributed by atoms with Crippen LogP contribution in [0.5, 0.6) is 0 Å². The molecule has 1 saturated heterocycles. The van der Waals surface area contributed by atoms with Crippen LogP contribution in [0.2, 0.25) is 0 Å². The number of rotatable bonds is 11. The Morgan fingerprint density at radius 2 is 2.03 bits per heavy atom. The Hall–Kier alpha value is -1.56. The van der Waals surface area contributed by atoms with Crippen LogP contribution in [0.3, 0.4) is 0 Å². The molecule has 1 heterocycles. The normalized spacial score (nSPS) is 23.0. The third-order valence-electron chi connectivity index (χ3n) is 6.12. The van der Waals surface area contributed by atoms with E-state index in [0.29, 0.717) is 12.5 Å². The molecule has 0 radical (unpaired) electrons. The number of nitrogens with zero attached hydrogens (tertiary/aromatic N) is 2. The Morgan fingerprint density at radius 1 is 1.31 bits per heavy atom. The summed E-state index contributed by atoms with van der Waals surface area (Å²) in [4.78, 5) is 19.4. The van der Waals surface area contributed by atoms with Crippen molar-refractivity contribution in [1.82, 2.24) is 9.80 Å². The quantitative estimate of drug-likeness (QED) is 0.419. The summed E-state index contributed by atoms with van der Waals surface area (Å²) in [6.45, 7) is 11.9. The van der Waals surface area contributed by atoms with Gasteiger partial charge in [-0.15, -0.1) is 0 Å². The summed E-state index contributed by atoms with van der Waals surface area (Å²) in [5.41, 5.74) is 2.01. The number of thioether (sulfide) groups is 1. The van der Waals surface area contributed by atoms with Gasteiger partial charge in [0.05, 0.1) is 5.41 Å². The lowest BCUT2D eigenvalue weighted by molar-refractivity contribution is -0.154. The van der Waals surface area contributed by atoms with Crippen LogP contribution in [0.15, 0.2) is 41.3 Å². The summed E-state index contributed by atoms with van der Waals surface area (Å²) >= 11 is 1.84. The SMILES string of the molecule is C/C=C(/CN1CC(C)C[C@@](CCC)(C(=O)O)C1)S/C(=C/CC)c1ccccc1CN(C)C. The molecule has 1 aliphatic heterocycles. The van der Waals surface area contributed by atoms with Gasteiger partial charge in [0, 0.05) is 31.1 Å². The molecule has 1 unspecified atom stereocenters. The first-order valence-electron chi connectivity index (χ1n) is 12.0. The van der Waals surface area contributed by atoms with Gasteiger partial charge in [0.2, 0.25) is 0 Å². The van der Waals surface area contributed by atoms with E-state index in [9.17, 15) is 9.90 Å². The second-order valence-corrected chi connectivity index (χ2v) is 10.7. The van der Waals surface area contributed by atoms with Crippen molar-refractivity contribution in [2.45, 2.75) is 59.9 Å². The minimum atomic E-state index is -0.630. The predicted molar refractivity (Wildman–Crippen MR) is 139 cm³/mol. The molecular formula is C27H42N2O2S. The van der Waals surface area contributed by atoms with Gasteiger partial charge in [0.25, 0.3) is 0 Å². The number of benzene rings is 1. The highest BCUT2D eigenvalue weighted by molar-refractivity contribution is 8.11. The molecule has 2 rings (SSSR count). The van der Waals surface area contributed by atoms with E-state index in [1.165, 1.54) is 20.9 Å². The van der Waals surface area contributed by atoms with Gasteiger partial charge in [0.15, 0.2) is 0 Å². The van der Waals surface area contributed by atoms with Crippen molar-refractivity contribution in [3.05, 3.63) is 52.4 Å². The zero-order chi connectivity index (χ0) is 23.7. The first kappa shape index (κ1) is 26.7. The van der Waals surface area contributed by atoms with Gasteiger partial charge in [-0.25, -0.2) is 0 Å². The molecule has 0 saturated carbocycles. The van der Waals surface area contributed by atoms with Gasteiger partial charge in [-0.1, -0.05) is 75.4 Å². The smallest absolute Gasteiger partial charge is 0.310 e. The van der Waals surface area contributed by atoms with Crippen molar-refractivity contribution < 1.29 is 9.90 Å². The molecular weight excluding hydrogens is 416 g/mol. The van der Waals surface area contributed by atoms with Crippen molar-refractivity contribution in [3.8, 4) is 0 Å². The van der Waals surface area contributed by atoms with Gasteiger partial charge in [-0.3, -0.25) is 9.69 Å². The van der Waals surface area contributed by atoms with Crippen molar-refractivity contribution in [2.24, 2.45) is 11.3 Å². The minimum Gasteiger partial charge on any atom is -0.481 e. The van der Waals surface area contributed by atoms with E-state index in [1.807, 2.05) is 11.8 Å². The molecule has 0 spiro atoms. The maximum absolute atomic E-state index is 12.2. The molecule has 1 N–H and O–H groups in total. The number of aliphatic carboxylic acids is 1. The maximum atomic E-state index is 12.2. The summed E-state index contributed by atoms with van der Waals surface area (Å²) in [5, 5.41) is 10.1.